The van der Waals surface area contributed by atoms with E-state index in [1.54, 1.807) is 0 Å². The van der Waals surface area contributed by atoms with Gasteiger partial charge in [-0.05, 0) is 26.7 Å². The van der Waals surface area contributed by atoms with Crippen LogP contribution in [0.3, 0.4) is 0 Å². The summed E-state index contributed by atoms with van der Waals surface area (Å²) in [6.07, 6.45) is -6.51. The number of aliphatic hydroxyl groups is 7. The van der Waals surface area contributed by atoms with Crippen LogP contribution in [0.4, 0.5) is 0 Å². The van der Waals surface area contributed by atoms with E-state index in [0.717, 1.165) is 32.1 Å². The van der Waals surface area contributed by atoms with E-state index in [1.165, 1.54) is 21.0 Å². The molecule has 0 saturated heterocycles. The molecule has 0 spiro atoms. The molecule has 0 rings (SSSR count). The lowest BCUT2D eigenvalue weighted by atomic mass is 10.1. The number of hydrogen-bond donors (Lipinski definition) is 7. The van der Waals surface area contributed by atoms with Gasteiger partial charge in [-0.3, -0.25) is 4.79 Å². The maximum absolute atomic E-state index is 11.0. The van der Waals surface area contributed by atoms with E-state index >= 15 is 0 Å². The van der Waals surface area contributed by atoms with Crippen molar-refractivity contribution in [3.8, 4) is 0 Å². The van der Waals surface area contributed by atoms with Crippen molar-refractivity contribution >= 4 is 5.97 Å². The zero-order valence-corrected chi connectivity index (χ0v) is 20.8. The van der Waals surface area contributed by atoms with Gasteiger partial charge in [-0.2, -0.15) is 0 Å². The fourth-order valence-electron chi connectivity index (χ4n) is 3.00. The summed E-state index contributed by atoms with van der Waals surface area (Å²) < 4.78 is 25.9. The van der Waals surface area contributed by atoms with Crippen molar-refractivity contribution in [1.82, 2.24) is 0 Å². The Morgan fingerprint density at radius 2 is 1.23 bits per heavy atom. The third kappa shape index (κ3) is 15.7. The first-order valence-corrected chi connectivity index (χ1v) is 11.8. The predicted octanol–water partition coefficient (Wildman–Crippen LogP) is -1.28. The van der Waals surface area contributed by atoms with Gasteiger partial charge in [0.2, 0.25) is 25.2 Å². The quantitative estimate of drug-likeness (QED) is 0.0509. The number of aliphatic hydroxyl groups excluding tert-OH is 5. The van der Waals surface area contributed by atoms with E-state index in [0.29, 0.717) is 12.8 Å². The minimum absolute atomic E-state index is 0.158. The van der Waals surface area contributed by atoms with Crippen LogP contribution in [-0.2, 0) is 28.5 Å². The molecule has 35 heavy (non-hydrogen) atoms. The molecule has 6 atom stereocenters. The highest BCUT2D eigenvalue weighted by molar-refractivity contribution is 5.68. The van der Waals surface area contributed by atoms with Crippen LogP contribution in [0.5, 0.6) is 0 Å². The molecule has 210 valence electrons. The van der Waals surface area contributed by atoms with E-state index in [4.69, 9.17) is 18.9 Å². The van der Waals surface area contributed by atoms with E-state index in [2.05, 4.69) is 4.74 Å². The molecule has 0 radical (unpaired) electrons. The maximum atomic E-state index is 11.0. The first-order valence-electron chi connectivity index (χ1n) is 11.8. The molecule has 0 amide bonds. The van der Waals surface area contributed by atoms with Gasteiger partial charge in [-0.15, -0.1) is 0 Å². The second-order valence-corrected chi connectivity index (χ2v) is 8.18. The average Bonchev–Trinajstić information content (AvgIpc) is 2.81. The number of unbranched alkanes of at least 4 members (excludes halogenated alkanes) is 5. The topological polar surface area (TPSA) is 205 Å². The van der Waals surface area contributed by atoms with Gasteiger partial charge >= 0.3 is 5.97 Å². The monoisotopic (exact) mass is 516 g/mol. The minimum atomic E-state index is -2.14. The molecule has 0 aliphatic heterocycles. The summed E-state index contributed by atoms with van der Waals surface area (Å²) in [5.41, 5.74) is 0. The maximum Gasteiger partial charge on any atom is 0.305 e. The first-order chi connectivity index (χ1) is 16.6. The van der Waals surface area contributed by atoms with Gasteiger partial charge in [0, 0.05) is 13.0 Å². The van der Waals surface area contributed by atoms with Gasteiger partial charge in [0.1, 0.15) is 12.2 Å². The Bertz CT molecular complexity index is 518. The second-order valence-electron chi connectivity index (χ2n) is 8.18. The van der Waals surface area contributed by atoms with Crippen LogP contribution < -0.4 is 0 Å². The molecule has 0 fully saturated rings. The SMILES string of the molecule is COC(=O)CCCCCCCCOC(OC(CO)C(C)OC(OC(CO)C(C)O)C(O)O)C(O)O. The number of carbonyl (C=O) groups is 1. The Balaban J connectivity index is 4.54. The normalized spacial score (nSPS) is 17.3. The molecule has 0 aliphatic rings. The number of carbonyl (C=O) groups excluding carboxylic acids is 1. The summed E-state index contributed by atoms with van der Waals surface area (Å²) in [6.45, 7) is 1.66. The van der Waals surface area contributed by atoms with Crippen LogP contribution in [0.2, 0.25) is 0 Å². The summed E-state index contributed by atoms with van der Waals surface area (Å²) in [5, 5.41) is 66.6. The van der Waals surface area contributed by atoms with E-state index in [-0.39, 0.29) is 12.6 Å². The Morgan fingerprint density at radius 1 is 0.714 bits per heavy atom. The standard InChI is InChI=1S/C22H44O13/c1-14(25)16(12-23)34-22(20(29)30)33-15(2)17(13-24)35-21(19(27)28)32-11-9-7-5-4-6-8-10-18(26)31-3/h14-17,19-25,27-30H,4-13H2,1-3H3. The van der Waals surface area contributed by atoms with Crippen molar-refractivity contribution in [3.63, 3.8) is 0 Å². The van der Waals surface area contributed by atoms with Crippen molar-refractivity contribution in [1.29, 1.82) is 0 Å². The highest BCUT2D eigenvalue weighted by Crippen LogP contribution is 2.16. The van der Waals surface area contributed by atoms with Crippen molar-refractivity contribution < 1.29 is 64.2 Å². The van der Waals surface area contributed by atoms with Crippen molar-refractivity contribution in [2.75, 3.05) is 26.9 Å². The third-order valence-corrected chi connectivity index (χ3v) is 5.16. The Labute approximate surface area is 206 Å². The number of esters is 1. The molecule has 0 aromatic carbocycles. The van der Waals surface area contributed by atoms with Gasteiger partial charge in [0.05, 0.1) is 32.5 Å². The molecular formula is C22H44O13. The predicted molar refractivity (Wildman–Crippen MR) is 120 cm³/mol. The Hall–Kier alpha value is -0.970. The van der Waals surface area contributed by atoms with Crippen molar-refractivity contribution in [2.24, 2.45) is 0 Å². The Kier molecular flexibility index (Phi) is 19.6. The lowest BCUT2D eigenvalue weighted by molar-refractivity contribution is -0.320. The van der Waals surface area contributed by atoms with Crippen LogP contribution in [0.1, 0.15) is 58.8 Å². The fraction of sp³-hybridized carbons (Fsp3) is 0.955. The van der Waals surface area contributed by atoms with Crippen LogP contribution in [0, 0.1) is 0 Å². The highest BCUT2D eigenvalue weighted by Gasteiger charge is 2.32. The highest BCUT2D eigenvalue weighted by atomic mass is 16.7. The van der Waals surface area contributed by atoms with Crippen LogP contribution in [-0.4, -0.2) is 118 Å². The number of methoxy groups -OCH3 is 1. The smallest absolute Gasteiger partial charge is 0.305 e. The second kappa shape index (κ2) is 20.1. The van der Waals surface area contributed by atoms with E-state index < -0.39 is 62.8 Å². The lowest BCUT2D eigenvalue weighted by Crippen LogP contribution is -2.47. The third-order valence-electron chi connectivity index (χ3n) is 5.16. The number of rotatable bonds is 22. The molecule has 6 unspecified atom stereocenters. The van der Waals surface area contributed by atoms with Crippen LogP contribution >= 0.6 is 0 Å². The van der Waals surface area contributed by atoms with Crippen molar-refractivity contribution in [2.45, 2.75) is 108 Å². The van der Waals surface area contributed by atoms with Gasteiger partial charge in [-0.1, -0.05) is 25.7 Å². The van der Waals surface area contributed by atoms with Gasteiger partial charge in [0.15, 0.2) is 0 Å². The van der Waals surface area contributed by atoms with Crippen LogP contribution in [0.15, 0.2) is 0 Å². The molecule has 0 aromatic rings. The fourth-order valence-corrected chi connectivity index (χ4v) is 3.00. The summed E-state index contributed by atoms with van der Waals surface area (Å²) in [6, 6.07) is 0. The Morgan fingerprint density at radius 3 is 1.71 bits per heavy atom. The molecule has 13 heteroatoms. The summed E-state index contributed by atoms with van der Waals surface area (Å²) in [4.78, 5) is 11.0. The van der Waals surface area contributed by atoms with Gasteiger partial charge in [-0.25, -0.2) is 0 Å². The molecule has 0 bridgehead atoms. The molecule has 7 N–H and O–H groups in total. The minimum Gasteiger partial charge on any atom is -0.469 e. The molecular weight excluding hydrogens is 472 g/mol. The number of hydrogen-bond acceptors (Lipinski definition) is 13. The first kappa shape index (κ1) is 34.0. The zero-order chi connectivity index (χ0) is 26.8. The lowest BCUT2D eigenvalue weighted by Gasteiger charge is -2.33. The molecule has 13 nitrogen and oxygen atoms in total. The summed E-state index contributed by atoms with van der Waals surface area (Å²) >= 11 is 0. The average molecular weight is 517 g/mol. The number of ether oxygens (including phenoxy) is 5. The van der Waals surface area contributed by atoms with Gasteiger partial charge < -0.3 is 59.4 Å². The molecule has 0 aliphatic carbocycles. The summed E-state index contributed by atoms with van der Waals surface area (Å²) in [7, 11) is 1.36. The zero-order valence-electron chi connectivity index (χ0n) is 20.8. The van der Waals surface area contributed by atoms with Crippen molar-refractivity contribution in [3.05, 3.63) is 0 Å². The molecule has 0 heterocycles. The largest absolute Gasteiger partial charge is 0.469 e. The van der Waals surface area contributed by atoms with Gasteiger partial charge in [0.25, 0.3) is 0 Å². The summed E-state index contributed by atoms with van der Waals surface area (Å²) in [5.74, 6) is -0.224. The van der Waals surface area contributed by atoms with Crippen LogP contribution in [0.25, 0.3) is 0 Å². The van der Waals surface area contributed by atoms with E-state index in [1.807, 2.05) is 0 Å². The molecule has 0 aromatic heterocycles. The molecule has 0 saturated carbocycles. The van der Waals surface area contributed by atoms with E-state index in [9.17, 15) is 40.5 Å².